The number of aromatic nitrogens is 5. The molecule has 1 aromatic carbocycles. The van der Waals surface area contributed by atoms with Crippen LogP contribution in [0.15, 0.2) is 34.0 Å². The van der Waals surface area contributed by atoms with E-state index in [9.17, 15) is 4.79 Å². The van der Waals surface area contributed by atoms with Gasteiger partial charge in [0.05, 0.1) is 11.4 Å². The number of anilines is 1. The van der Waals surface area contributed by atoms with E-state index in [2.05, 4.69) is 61.8 Å². The molecule has 2 heterocycles. The Balaban J connectivity index is 1.77. The van der Waals surface area contributed by atoms with E-state index >= 15 is 0 Å². The van der Waals surface area contributed by atoms with Gasteiger partial charge in [0, 0.05) is 0 Å². The van der Waals surface area contributed by atoms with Crippen LogP contribution in [0, 0.1) is 5.92 Å². The molecule has 0 aliphatic carbocycles. The van der Waals surface area contributed by atoms with Crippen molar-refractivity contribution in [3.05, 3.63) is 46.8 Å². The zero-order valence-electron chi connectivity index (χ0n) is 17.6. The average Bonchev–Trinajstić information content (AvgIpc) is 3.32. The number of hydrazone groups is 1. The zero-order chi connectivity index (χ0) is 21.7. The largest absolute Gasteiger partial charge is 0.378 e. The Morgan fingerprint density at radius 2 is 2.00 bits per heavy atom. The Labute approximate surface area is 174 Å². The molecule has 3 aromatic rings. The first-order chi connectivity index (χ1) is 14.4. The lowest BCUT2D eigenvalue weighted by Gasteiger charge is -2.07. The van der Waals surface area contributed by atoms with Crippen molar-refractivity contribution in [2.75, 3.05) is 5.73 Å². The van der Waals surface area contributed by atoms with Crippen LogP contribution in [0.5, 0.6) is 0 Å². The summed E-state index contributed by atoms with van der Waals surface area (Å²) < 4.78 is 5.99. The van der Waals surface area contributed by atoms with Crippen LogP contribution < -0.4 is 11.2 Å². The molecule has 0 radical (unpaired) electrons. The number of hydrogen-bond donors (Lipinski definition) is 2. The van der Waals surface area contributed by atoms with Gasteiger partial charge in [-0.05, 0) is 47.1 Å². The summed E-state index contributed by atoms with van der Waals surface area (Å²) in [5.41, 5.74) is 11.9. The van der Waals surface area contributed by atoms with Crippen molar-refractivity contribution in [1.82, 2.24) is 30.7 Å². The van der Waals surface area contributed by atoms with Crippen LogP contribution in [0.2, 0.25) is 0 Å². The minimum absolute atomic E-state index is 0.0685. The molecule has 3 rings (SSSR count). The van der Waals surface area contributed by atoms with Gasteiger partial charge in [0.25, 0.3) is 5.91 Å². The second-order valence-electron chi connectivity index (χ2n) is 7.45. The predicted octanol–water partition coefficient (Wildman–Crippen LogP) is 2.54. The molecule has 1 amide bonds. The number of nitrogen functional groups attached to an aromatic ring is 1. The van der Waals surface area contributed by atoms with Crippen molar-refractivity contribution >= 4 is 17.4 Å². The van der Waals surface area contributed by atoms with Crippen molar-refractivity contribution in [2.24, 2.45) is 11.0 Å². The van der Waals surface area contributed by atoms with E-state index in [1.807, 2.05) is 26.0 Å². The van der Waals surface area contributed by atoms with Crippen LogP contribution in [0.4, 0.5) is 5.82 Å². The van der Waals surface area contributed by atoms with Gasteiger partial charge in [-0.3, -0.25) is 4.79 Å². The average molecular weight is 410 g/mol. The molecule has 0 aliphatic rings. The van der Waals surface area contributed by atoms with Crippen LogP contribution in [0.3, 0.4) is 0 Å². The normalized spacial score (nSPS) is 11.8. The smallest absolute Gasteiger partial charge is 0.293 e. The van der Waals surface area contributed by atoms with Gasteiger partial charge >= 0.3 is 0 Å². The van der Waals surface area contributed by atoms with Crippen molar-refractivity contribution in [3.8, 4) is 5.82 Å². The number of nitrogens with zero attached hydrogens (tertiary/aromatic N) is 6. The number of carbonyl (C=O) groups excluding carboxylic acids is 1. The van der Waals surface area contributed by atoms with Gasteiger partial charge in [-0.2, -0.15) is 9.78 Å². The monoisotopic (exact) mass is 410 g/mol. The van der Waals surface area contributed by atoms with E-state index in [0.717, 1.165) is 18.4 Å². The highest BCUT2D eigenvalue weighted by molar-refractivity contribution is 6.00. The van der Waals surface area contributed by atoms with E-state index in [1.54, 1.807) is 0 Å². The minimum atomic E-state index is -0.462. The van der Waals surface area contributed by atoms with Crippen LogP contribution in [0.25, 0.3) is 5.82 Å². The summed E-state index contributed by atoms with van der Waals surface area (Å²) in [6.07, 6.45) is 2.33. The highest BCUT2D eigenvalue weighted by Gasteiger charge is 2.23. The van der Waals surface area contributed by atoms with E-state index in [0.29, 0.717) is 23.7 Å². The van der Waals surface area contributed by atoms with E-state index in [4.69, 9.17) is 5.73 Å². The molecule has 30 heavy (non-hydrogen) atoms. The molecule has 0 atom stereocenters. The van der Waals surface area contributed by atoms with Crippen LogP contribution >= 0.6 is 0 Å². The number of carbonyl (C=O) groups is 1. The zero-order valence-corrected chi connectivity index (χ0v) is 17.6. The summed E-state index contributed by atoms with van der Waals surface area (Å²) in [5.74, 6) is 0.402. The van der Waals surface area contributed by atoms with Gasteiger partial charge in [-0.15, -0.1) is 5.10 Å². The van der Waals surface area contributed by atoms with Gasteiger partial charge in [-0.1, -0.05) is 56.7 Å². The Morgan fingerprint density at radius 1 is 1.27 bits per heavy atom. The van der Waals surface area contributed by atoms with E-state index in [1.165, 1.54) is 10.2 Å². The van der Waals surface area contributed by atoms with Gasteiger partial charge in [-0.25, -0.2) is 10.1 Å². The van der Waals surface area contributed by atoms with Gasteiger partial charge in [0.15, 0.2) is 5.69 Å². The third-order valence-corrected chi connectivity index (χ3v) is 4.50. The molecule has 10 heteroatoms. The molecular formula is C20H26N8O2. The van der Waals surface area contributed by atoms with Crippen LogP contribution in [0.1, 0.15) is 61.4 Å². The summed E-state index contributed by atoms with van der Waals surface area (Å²) in [4.78, 5) is 12.7. The lowest BCUT2D eigenvalue weighted by molar-refractivity contribution is 0.0948. The molecule has 0 aliphatic heterocycles. The SMILES string of the molecule is CCCc1c(C(=O)N/N=C(/C)c2ccc(CC(C)C)cc2)nnn1-c1nonc1N. The number of nitrogens with one attached hydrogen (secondary N) is 1. The number of benzene rings is 1. The van der Waals surface area contributed by atoms with Gasteiger partial charge in [0.1, 0.15) is 0 Å². The lowest BCUT2D eigenvalue weighted by Crippen LogP contribution is -2.21. The quantitative estimate of drug-likeness (QED) is 0.430. The predicted molar refractivity (Wildman–Crippen MR) is 112 cm³/mol. The second kappa shape index (κ2) is 9.29. The van der Waals surface area contributed by atoms with E-state index in [-0.39, 0.29) is 17.3 Å². The lowest BCUT2D eigenvalue weighted by atomic mass is 10.0. The fourth-order valence-corrected chi connectivity index (χ4v) is 3.05. The first kappa shape index (κ1) is 21.2. The molecule has 0 saturated heterocycles. The molecule has 10 nitrogen and oxygen atoms in total. The second-order valence-corrected chi connectivity index (χ2v) is 7.45. The maximum absolute atomic E-state index is 12.7. The highest BCUT2D eigenvalue weighted by atomic mass is 16.6. The molecule has 0 spiro atoms. The molecule has 0 saturated carbocycles. The molecule has 3 N–H and O–H groups in total. The number of rotatable bonds is 8. The third-order valence-electron chi connectivity index (χ3n) is 4.50. The maximum Gasteiger partial charge on any atom is 0.293 e. The summed E-state index contributed by atoms with van der Waals surface area (Å²) in [5, 5.41) is 19.5. The Morgan fingerprint density at radius 3 is 2.60 bits per heavy atom. The fourth-order valence-electron chi connectivity index (χ4n) is 3.05. The van der Waals surface area contributed by atoms with Crippen LogP contribution in [-0.4, -0.2) is 36.9 Å². The molecule has 158 valence electrons. The highest BCUT2D eigenvalue weighted by Crippen LogP contribution is 2.17. The number of nitrogens with two attached hydrogens (primary N) is 1. The standard InChI is InChI=1S/C20H26N8O2/c1-5-6-16-17(23-27-28(16)19-18(21)25-30-26-19)20(29)24-22-13(4)15-9-7-14(8-10-15)11-12(2)3/h7-10,12H,5-6,11H2,1-4H3,(H2,21,25)(H,24,29)/b22-13-. The first-order valence-corrected chi connectivity index (χ1v) is 9.87. The van der Waals surface area contributed by atoms with Crippen molar-refractivity contribution in [1.29, 1.82) is 0 Å². The summed E-state index contributed by atoms with van der Waals surface area (Å²) in [6.45, 7) is 8.19. The topological polar surface area (TPSA) is 137 Å². The number of hydrogen-bond acceptors (Lipinski definition) is 8. The Bertz CT molecular complexity index is 1030. The summed E-state index contributed by atoms with van der Waals surface area (Å²) >= 11 is 0. The Kier molecular flexibility index (Phi) is 6.55. The maximum atomic E-state index is 12.7. The minimum Gasteiger partial charge on any atom is -0.378 e. The summed E-state index contributed by atoms with van der Waals surface area (Å²) in [6, 6.07) is 8.17. The van der Waals surface area contributed by atoms with Crippen molar-refractivity contribution in [3.63, 3.8) is 0 Å². The fraction of sp³-hybridized carbons (Fsp3) is 0.400. The van der Waals surface area contributed by atoms with Gasteiger partial charge in [0.2, 0.25) is 11.6 Å². The molecule has 0 unspecified atom stereocenters. The first-order valence-electron chi connectivity index (χ1n) is 9.87. The Hall–Kier alpha value is -3.56. The third kappa shape index (κ3) is 4.70. The van der Waals surface area contributed by atoms with Crippen molar-refractivity contribution < 1.29 is 9.42 Å². The van der Waals surface area contributed by atoms with Crippen LogP contribution in [-0.2, 0) is 12.8 Å². The van der Waals surface area contributed by atoms with E-state index < -0.39 is 5.91 Å². The molecule has 0 bridgehead atoms. The number of amides is 1. The van der Waals surface area contributed by atoms with Crippen molar-refractivity contribution in [2.45, 2.75) is 47.0 Å². The molecular weight excluding hydrogens is 384 g/mol. The molecule has 0 fully saturated rings. The summed E-state index contributed by atoms with van der Waals surface area (Å²) in [7, 11) is 0. The molecule has 2 aromatic heterocycles. The van der Waals surface area contributed by atoms with Gasteiger partial charge < -0.3 is 5.73 Å².